The number of halogens is 3. The van der Waals surface area contributed by atoms with E-state index < -0.39 is 11.6 Å². The van der Waals surface area contributed by atoms with Gasteiger partial charge in [-0.2, -0.15) is 0 Å². The van der Waals surface area contributed by atoms with E-state index in [0.29, 0.717) is 16.7 Å². The van der Waals surface area contributed by atoms with Crippen molar-refractivity contribution in [1.82, 2.24) is 10.2 Å². The van der Waals surface area contributed by atoms with Gasteiger partial charge in [0.05, 0.1) is 5.56 Å². The SMILES string of the molecule is Cc1ccc(F)c(-c2nnc(Cl)c(C)c2C)c1F. The number of rotatable bonds is 1. The topological polar surface area (TPSA) is 25.8 Å². The molecule has 0 fully saturated rings. The molecule has 0 amide bonds. The third-order valence-corrected chi connectivity index (χ3v) is 3.35. The lowest BCUT2D eigenvalue weighted by atomic mass is 10.0. The lowest BCUT2D eigenvalue weighted by Crippen LogP contribution is -2.01. The fraction of sp³-hybridized carbons (Fsp3) is 0.231. The van der Waals surface area contributed by atoms with Gasteiger partial charge in [0.1, 0.15) is 17.3 Å². The Kier molecular flexibility index (Phi) is 3.30. The van der Waals surface area contributed by atoms with Gasteiger partial charge in [-0.15, -0.1) is 10.2 Å². The summed E-state index contributed by atoms with van der Waals surface area (Å²) in [6.45, 7) is 5.03. The van der Waals surface area contributed by atoms with E-state index in [1.54, 1.807) is 20.8 Å². The van der Waals surface area contributed by atoms with Gasteiger partial charge in [-0.25, -0.2) is 8.78 Å². The van der Waals surface area contributed by atoms with Crippen molar-refractivity contribution in [2.24, 2.45) is 0 Å². The Labute approximate surface area is 109 Å². The second-order valence-electron chi connectivity index (χ2n) is 4.14. The molecule has 2 rings (SSSR count). The molecule has 1 heterocycles. The van der Waals surface area contributed by atoms with Crippen molar-refractivity contribution in [2.45, 2.75) is 20.8 Å². The van der Waals surface area contributed by atoms with Crippen LogP contribution in [-0.4, -0.2) is 10.2 Å². The van der Waals surface area contributed by atoms with E-state index in [2.05, 4.69) is 10.2 Å². The average Bonchev–Trinajstić information content (AvgIpc) is 2.34. The van der Waals surface area contributed by atoms with Crippen molar-refractivity contribution in [1.29, 1.82) is 0 Å². The summed E-state index contributed by atoms with van der Waals surface area (Å²) in [5, 5.41) is 7.76. The number of hydrogen-bond acceptors (Lipinski definition) is 2. The summed E-state index contributed by atoms with van der Waals surface area (Å²) in [7, 11) is 0. The molecule has 0 atom stereocenters. The zero-order valence-electron chi connectivity index (χ0n) is 10.2. The first kappa shape index (κ1) is 12.9. The van der Waals surface area contributed by atoms with Crippen molar-refractivity contribution in [2.75, 3.05) is 0 Å². The summed E-state index contributed by atoms with van der Waals surface area (Å²) >= 11 is 5.82. The van der Waals surface area contributed by atoms with Crippen molar-refractivity contribution in [3.8, 4) is 11.3 Å². The quantitative estimate of drug-likeness (QED) is 0.781. The fourth-order valence-electron chi connectivity index (χ4n) is 1.69. The minimum atomic E-state index is -0.655. The maximum atomic E-state index is 14.0. The molecule has 2 aromatic rings. The third-order valence-electron chi connectivity index (χ3n) is 2.99. The summed E-state index contributed by atoms with van der Waals surface area (Å²) in [4.78, 5) is 0. The molecule has 5 heteroatoms. The molecule has 94 valence electrons. The molecule has 0 spiro atoms. The Balaban J connectivity index is 2.78. The fourth-order valence-corrected chi connectivity index (χ4v) is 1.87. The largest absolute Gasteiger partial charge is 0.206 e. The highest BCUT2D eigenvalue weighted by Gasteiger charge is 2.19. The van der Waals surface area contributed by atoms with Crippen molar-refractivity contribution in [3.63, 3.8) is 0 Å². The first-order valence-corrected chi connectivity index (χ1v) is 5.75. The number of benzene rings is 1. The second kappa shape index (κ2) is 4.61. The summed E-state index contributed by atoms with van der Waals surface area (Å²) < 4.78 is 27.8. The second-order valence-corrected chi connectivity index (χ2v) is 4.50. The molecule has 0 N–H and O–H groups in total. The monoisotopic (exact) mass is 268 g/mol. The molecule has 0 aliphatic heterocycles. The van der Waals surface area contributed by atoms with Gasteiger partial charge in [-0.3, -0.25) is 0 Å². The molecule has 0 saturated heterocycles. The highest BCUT2D eigenvalue weighted by atomic mass is 35.5. The van der Waals surface area contributed by atoms with Crippen LogP contribution < -0.4 is 0 Å². The molecule has 0 bridgehead atoms. The maximum absolute atomic E-state index is 14.0. The van der Waals surface area contributed by atoms with Crippen LogP contribution in [0.1, 0.15) is 16.7 Å². The molecule has 0 aliphatic carbocycles. The summed E-state index contributed by atoms with van der Waals surface area (Å²) in [5.41, 5.74) is 1.69. The molecule has 1 aromatic carbocycles. The van der Waals surface area contributed by atoms with Crippen LogP contribution in [-0.2, 0) is 0 Å². The molecule has 1 aromatic heterocycles. The van der Waals surface area contributed by atoms with Gasteiger partial charge in [-0.1, -0.05) is 17.7 Å². The Morgan fingerprint density at radius 2 is 1.67 bits per heavy atom. The van der Waals surface area contributed by atoms with E-state index in [0.717, 1.165) is 0 Å². The number of hydrogen-bond donors (Lipinski definition) is 0. The Hall–Kier alpha value is -1.55. The van der Waals surface area contributed by atoms with Crippen LogP contribution in [0.2, 0.25) is 5.15 Å². The molecule has 2 nitrogen and oxygen atoms in total. The predicted molar refractivity (Wildman–Crippen MR) is 66.6 cm³/mol. The molecule has 0 saturated carbocycles. The first-order valence-electron chi connectivity index (χ1n) is 5.37. The standard InChI is InChI=1S/C13H11ClF2N2/c1-6-4-5-9(15)10(11(6)16)12-7(2)8(3)13(14)18-17-12/h4-5H,1-3H3. The van der Waals surface area contributed by atoms with Crippen LogP contribution in [0.5, 0.6) is 0 Å². The van der Waals surface area contributed by atoms with Gasteiger partial charge in [0, 0.05) is 0 Å². The summed E-state index contributed by atoms with van der Waals surface area (Å²) in [6, 6.07) is 2.61. The predicted octanol–water partition coefficient (Wildman–Crippen LogP) is 4.00. The van der Waals surface area contributed by atoms with Crippen LogP contribution in [0.25, 0.3) is 11.3 Å². The lowest BCUT2D eigenvalue weighted by Gasteiger charge is -2.11. The number of aromatic nitrogens is 2. The molecular formula is C13H11ClF2N2. The number of nitrogens with zero attached hydrogens (tertiary/aromatic N) is 2. The van der Waals surface area contributed by atoms with Crippen molar-refractivity contribution in [3.05, 3.63) is 45.6 Å². The van der Waals surface area contributed by atoms with Gasteiger partial charge in [0.2, 0.25) is 0 Å². The van der Waals surface area contributed by atoms with Gasteiger partial charge >= 0.3 is 0 Å². The maximum Gasteiger partial charge on any atom is 0.154 e. The minimum Gasteiger partial charge on any atom is -0.206 e. The van der Waals surface area contributed by atoms with Crippen LogP contribution in [0, 0.1) is 32.4 Å². The highest BCUT2D eigenvalue weighted by Crippen LogP contribution is 2.31. The molecular weight excluding hydrogens is 258 g/mol. The van der Waals surface area contributed by atoms with Crippen LogP contribution in [0.4, 0.5) is 8.78 Å². The van der Waals surface area contributed by atoms with Gasteiger partial charge < -0.3 is 0 Å². The van der Waals surface area contributed by atoms with Gasteiger partial charge in [-0.05, 0) is 43.5 Å². The van der Waals surface area contributed by atoms with Gasteiger partial charge in [0.25, 0.3) is 0 Å². The molecule has 0 aliphatic rings. The smallest absolute Gasteiger partial charge is 0.154 e. The minimum absolute atomic E-state index is 0.153. The third kappa shape index (κ3) is 1.97. The summed E-state index contributed by atoms with van der Waals surface area (Å²) in [5.74, 6) is -1.27. The van der Waals surface area contributed by atoms with E-state index in [1.165, 1.54) is 12.1 Å². The van der Waals surface area contributed by atoms with E-state index in [4.69, 9.17) is 11.6 Å². The van der Waals surface area contributed by atoms with Crippen LogP contribution >= 0.6 is 11.6 Å². The average molecular weight is 269 g/mol. The molecule has 0 unspecified atom stereocenters. The zero-order chi connectivity index (χ0) is 13.4. The van der Waals surface area contributed by atoms with Gasteiger partial charge in [0.15, 0.2) is 5.15 Å². The van der Waals surface area contributed by atoms with E-state index in [1.807, 2.05) is 0 Å². The van der Waals surface area contributed by atoms with Crippen molar-refractivity contribution >= 4 is 11.6 Å². The van der Waals surface area contributed by atoms with Crippen molar-refractivity contribution < 1.29 is 8.78 Å². The van der Waals surface area contributed by atoms with E-state index >= 15 is 0 Å². The Morgan fingerprint density at radius 1 is 1.00 bits per heavy atom. The van der Waals surface area contributed by atoms with Crippen LogP contribution in [0.15, 0.2) is 12.1 Å². The zero-order valence-corrected chi connectivity index (χ0v) is 10.9. The lowest BCUT2D eigenvalue weighted by molar-refractivity contribution is 0.582. The van der Waals surface area contributed by atoms with E-state index in [9.17, 15) is 8.78 Å². The van der Waals surface area contributed by atoms with Crippen LogP contribution in [0.3, 0.4) is 0 Å². The molecule has 18 heavy (non-hydrogen) atoms. The normalized spacial score (nSPS) is 10.8. The van der Waals surface area contributed by atoms with E-state index in [-0.39, 0.29) is 16.4 Å². The Morgan fingerprint density at radius 3 is 2.33 bits per heavy atom. The first-order chi connectivity index (χ1) is 8.43. The summed E-state index contributed by atoms with van der Waals surface area (Å²) in [6.07, 6.45) is 0. The molecule has 0 radical (unpaired) electrons. The highest BCUT2D eigenvalue weighted by molar-refractivity contribution is 6.30. The Bertz CT molecular complexity index is 627. The number of aryl methyl sites for hydroxylation is 1.